The molecule has 4 rings (SSSR count). The smallest absolute Gasteiger partial charge is 0.287 e. The van der Waals surface area contributed by atoms with E-state index in [9.17, 15) is 9.59 Å². The Balaban J connectivity index is 1.40. The maximum Gasteiger partial charge on any atom is 0.287 e. The van der Waals surface area contributed by atoms with Gasteiger partial charge < -0.3 is 19.2 Å². The van der Waals surface area contributed by atoms with Gasteiger partial charge in [-0.15, -0.1) is 16.8 Å². The van der Waals surface area contributed by atoms with Crippen LogP contribution in [0.5, 0.6) is 0 Å². The van der Waals surface area contributed by atoms with Crippen LogP contribution in [0.3, 0.4) is 0 Å². The van der Waals surface area contributed by atoms with Gasteiger partial charge in [0.2, 0.25) is 5.91 Å². The zero-order valence-corrected chi connectivity index (χ0v) is 17.1. The Kier molecular flexibility index (Phi) is 5.99. The molecule has 0 aliphatic carbocycles. The number of fused-ring (bicyclic) bond motifs is 1. The van der Waals surface area contributed by atoms with Crippen molar-refractivity contribution in [2.45, 2.75) is 24.7 Å². The molecular formula is C21H21N5O3S. The molecule has 2 aromatic heterocycles. The van der Waals surface area contributed by atoms with Gasteiger partial charge in [-0.2, -0.15) is 0 Å². The highest BCUT2D eigenvalue weighted by Crippen LogP contribution is 2.28. The molecule has 0 atom stereocenters. The number of rotatable bonds is 8. The van der Waals surface area contributed by atoms with Crippen LogP contribution in [-0.2, 0) is 24.3 Å². The molecule has 1 aliphatic rings. The lowest BCUT2D eigenvalue weighted by Crippen LogP contribution is -2.30. The Morgan fingerprint density at radius 3 is 2.90 bits per heavy atom. The summed E-state index contributed by atoms with van der Waals surface area (Å²) in [5.41, 5.74) is 2.18. The molecule has 0 spiro atoms. The minimum Gasteiger partial charge on any atom is -0.459 e. The second-order valence-corrected chi connectivity index (χ2v) is 7.61. The van der Waals surface area contributed by atoms with Crippen molar-refractivity contribution in [3.63, 3.8) is 0 Å². The largest absolute Gasteiger partial charge is 0.459 e. The molecule has 0 bridgehead atoms. The molecule has 0 saturated carbocycles. The molecule has 8 nitrogen and oxygen atoms in total. The molecule has 154 valence electrons. The number of hydrogen-bond donors (Lipinski definition) is 1. The van der Waals surface area contributed by atoms with Gasteiger partial charge in [-0.25, -0.2) is 0 Å². The quantitative estimate of drug-likeness (QED) is 0.442. The summed E-state index contributed by atoms with van der Waals surface area (Å²) in [4.78, 5) is 26.7. The van der Waals surface area contributed by atoms with Crippen molar-refractivity contribution in [1.82, 2.24) is 20.1 Å². The Labute approximate surface area is 178 Å². The molecule has 9 heteroatoms. The first-order valence-corrected chi connectivity index (χ1v) is 10.5. The van der Waals surface area contributed by atoms with Gasteiger partial charge >= 0.3 is 0 Å². The minimum atomic E-state index is -0.328. The van der Waals surface area contributed by atoms with Crippen LogP contribution in [0.2, 0.25) is 0 Å². The molecule has 0 radical (unpaired) electrons. The van der Waals surface area contributed by atoms with E-state index in [1.165, 1.54) is 23.6 Å². The molecule has 3 heterocycles. The highest BCUT2D eigenvalue weighted by atomic mass is 32.2. The monoisotopic (exact) mass is 423 g/mol. The van der Waals surface area contributed by atoms with E-state index in [-0.39, 0.29) is 29.9 Å². The number of furan rings is 1. The number of anilines is 1. The zero-order chi connectivity index (χ0) is 20.9. The summed E-state index contributed by atoms with van der Waals surface area (Å²) >= 11 is 1.33. The van der Waals surface area contributed by atoms with E-state index in [2.05, 4.69) is 28.2 Å². The number of aromatic nitrogens is 3. The number of nitrogens with one attached hydrogen (secondary N) is 1. The molecule has 0 fully saturated rings. The van der Waals surface area contributed by atoms with E-state index in [0.717, 1.165) is 12.1 Å². The van der Waals surface area contributed by atoms with E-state index in [0.29, 0.717) is 24.1 Å². The van der Waals surface area contributed by atoms with E-state index >= 15 is 0 Å². The van der Waals surface area contributed by atoms with Crippen LogP contribution >= 0.6 is 11.8 Å². The standard InChI is InChI=1S/C21H21N5O3S/c1-2-10-26-18(13-22-20(28)17-8-5-12-29-17)23-24-21(26)30-14-19(27)25-11-9-15-6-3-4-7-16(15)25/h2-8,12H,1,9-11,13-14H2,(H,22,28). The van der Waals surface area contributed by atoms with Gasteiger partial charge in [-0.05, 0) is 30.2 Å². The van der Waals surface area contributed by atoms with Crippen LogP contribution in [0.15, 0.2) is 64.9 Å². The van der Waals surface area contributed by atoms with Crippen LogP contribution in [0, 0.1) is 0 Å². The molecule has 1 N–H and O–H groups in total. The number of allylic oxidation sites excluding steroid dienone is 1. The lowest BCUT2D eigenvalue weighted by atomic mass is 10.2. The third-order valence-electron chi connectivity index (χ3n) is 4.77. The highest BCUT2D eigenvalue weighted by molar-refractivity contribution is 7.99. The predicted molar refractivity (Wildman–Crippen MR) is 113 cm³/mol. The molecule has 0 unspecified atom stereocenters. The number of thioether (sulfide) groups is 1. The number of hydrogen-bond acceptors (Lipinski definition) is 6. The summed E-state index contributed by atoms with van der Waals surface area (Å²) in [5.74, 6) is 0.769. The van der Waals surface area contributed by atoms with Gasteiger partial charge in [0.25, 0.3) is 5.91 Å². The van der Waals surface area contributed by atoms with Crippen LogP contribution in [0.4, 0.5) is 5.69 Å². The Bertz CT molecular complexity index is 1060. The van der Waals surface area contributed by atoms with E-state index in [4.69, 9.17) is 4.42 Å². The maximum atomic E-state index is 12.8. The van der Waals surface area contributed by atoms with Crippen LogP contribution in [0.1, 0.15) is 21.9 Å². The van der Waals surface area contributed by atoms with Crippen molar-refractivity contribution >= 4 is 29.3 Å². The topological polar surface area (TPSA) is 93.3 Å². The fourth-order valence-electron chi connectivity index (χ4n) is 3.32. The normalized spacial score (nSPS) is 12.6. The fraction of sp³-hybridized carbons (Fsp3) is 0.238. The van der Waals surface area contributed by atoms with E-state index < -0.39 is 0 Å². The molecule has 3 aromatic rings. The molecule has 30 heavy (non-hydrogen) atoms. The van der Waals surface area contributed by atoms with Gasteiger partial charge in [-0.3, -0.25) is 9.59 Å². The van der Waals surface area contributed by atoms with Gasteiger partial charge in [0.1, 0.15) is 0 Å². The minimum absolute atomic E-state index is 0.0331. The number of carbonyl (C=O) groups excluding carboxylic acids is 2. The number of nitrogens with zero attached hydrogens (tertiary/aromatic N) is 4. The van der Waals surface area contributed by atoms with Gasteiger partial charge in [0.15, 0.2) is 16.7 Å². The Hall–Kier alpha value is -3.33. The molecule has 1 aliphatic heterocycles. The first kappa shape index (κ1) is 20.0. The summed E-state index contributed by atoms with van der Waals surface area (Å²) < 4.78 is 6.93. The Morgan fingerprint density at radius 1 is 1.23 bits per heavy atom. The Morgan fingerprint density at radius 2 is 2.10 bits per heavy atom. The van der Waals surface area contributed by atoms with Gasteiger partial charge in [-0.1, -0.05) is 36.0 Å². The molecular weight excluding hydrogens is 402 g/mol. The van der Waals surface area contributed by atoms with E-state index in [1.807, 2.05) is 27.7 Å². The number of carbonyl (C=O) groups is 2. The third-order valence-corrected chi connectivity index (χ3v) is 5.72. The van der Waals surface area contributed by atoms with Crippen molar-refractivity contribution in [3.05, 3.63) is 72.5 Å². The van der Waals surface area contributed by atoms with Crippen molar-refractivity contribution in [2.24, 2.45) is 0 Å². The number of para-hydroxylation sites is 1. The molecule has 0 saturated heterocycles. The second-order valence-electron chi connectivity index (χ2n) is 6.67. The third kappa shape index (κ3) is 4.16. The maximum absolute atomic E-state index is 12.8. The lowest BCUT2D eigenvalue weighted by molar-refractivity contribution is -0.116. The first-order chi connectivity index (χ1) is 14.7. The summed E-state index contributed by atoms with van der Waals surface area (Å²) in [5, 5.41) is 11.7. The van der Waals surface area contributed by atoms with Crippen molar-refractivity contribution in [3.8, 4) is 0 Å². The summed E-state index contributed by atoms with van der Waals surface area (Å²) in [6.45, 7) is 5.13. The van der Waals surface area contributed by atoms with Crippen molar-refractivity contribution in [2.75, 3.05) is 17.2 Å². The predicted octanol–water partition coefficient (Wildman–Crippen LogP) is 2.67. The average molecular weight is 423 g/mol. The van der Waals surface area contributed by atoms with Crippen LogP contribution < -0.4 is 10.2 Å². The fourth-order valence-corrected chi connectivity index (χ4v) is 4.17. The molecule has 1 aromatic carbocycles. The average Bonchev–Trinajstić information content (AvgIpc) is 3.50. The van der Waals surface area contributed by atoms with Gasteiger partial charge in [0.05, 0.1) is 18.6 Å². The van der Waals surface area contributed by atoms with Crippen LogP contribution in [0.25, 0.3) is 0 Å². The second kappa shape index (κ2) is 9.00. The lowest BCUT2D eigenvalue weighted by Gasteiger charge is -2.17. The highest BCUT2D eigenvalue weighted by Gasteiger charge is 2.25. The number of amides is 2. The first-order valence-electron chi connectivity index (χ1n) is 9.53. The van der Waals surface area contributed by atoms with Crippen LogP contribution in [-0.4, -0.2) is 38.9 Å². The zero-order valence-electron chi connectivity index (χ0n) is 16.3. The number of benzene rings is 1. The van der Waals surface area contributed by atoms with Gasteiger partial charge in [0, 0.05) is 18.8 Å². The molecule has 2 amide bonds. The SMILES string of the molecule is C=CCn1c(CNC(=O)c2ccco2)nnc1SCC(=O)N1CCc2ccccc21. The van der Waals surface area contributed by atoms with Crippen molar-refractivity contribution in [1.29, 1.82) is 0 Å². The summed E-state index contributed by atoms with van der Waals surface area (Å²) in [6, 6.07) is 11.2. The van der Waals surface area contributed by atoms with Crippen molar-refractivity contribution < 1.29 is 14.0 Å². The summed E-state index contributed by atoms with van der Waals surface area (Å²) in [6.07, 6.45) is 4.04. The van der Waals surface area contributed by atoms with E-state index in [1.54, 1.807) is 18.2 Å². The summed E-state index contributed by atoms with van der Waals surface area (Å²) in [7, 11) is 0.